The average molecular weight is 198 g/mol. The molecule has 1 aromatic heterocycles. The highest BCUT2D eigenvalue weighted by Gasteiger charge is 2.09. The van der Waals surface area contributed by atoms with E-state index in [1.54, 1.807) is 0 Å². The van der Waals surface area contributed by atoms with Gasteiger partial charge in [-0.3, -0.25) is 0 Å². The second-order valence-corrected chi connectivity index (χ2v) is 3.17. The highest BCUT2D eigenvalue weighted by Crippen LogP contribution is 2.21. The summed E-state index contributed by atoms with van der Waals surface area (Å²) in [6, 6.07) is 0. The molecule has 1 aromatic rings. The number of hydrogen-bond donors (Lipinski definition) is 3. The van der Waals surface area contributed by atoms with Gasteiger partial charge in [0.15, 0.2) is 0 Å². The van der Waals surface area contributed by atoms with Crippen LogP contribution in [-0.4, -0.2) is 28.0 Å². The number of aliphatic hydroxyl groups excluding tert-OH is 1. The van der Waals surface area contributed by atoms with Gasteiger partial charge in [-0.15, -0.1) is 0 Å². The SMILES string of the molecule is CCn1nc(C)c(N)c1NCCCO. The Balaban J connectivity index is 2.72. The zero-order chi connectivity index (χ0) is 10.6. The van der Waals surface area contributed by atoms with E-state index in [0.717, 1.165) is 18.1 Å². The minimum atomic E-state index is 0.187. The van der Waals surface area contributed by atoms with Gasteiger partial charge >= 0.3 is 0 Å². The third kappa shape index (κ3) is 2.17. The number of hydrogen-bond acceptors (Lipinski definition) is 4. The molecule has 80 valence electrons. The van der Waals surface area contributed by atoms with Crippen molar-refractivity contribution in [3.8, 4) is 0 Å². The number of rotatable bonds is 5. The summed E-state index contributed by atoms with van der Waals surface area (Å²) in [6.45, 7) is 5.60. The summed E-state index contributed by atoms with van der Waals surface area (Å²) >= 11 is 0. The molecule has 0 amide bonds. The molecule has 4 N–H and O–H groups in total. The van der Waals surface area contributed by atoms with Crippen LogP contribution in [-0.2, 0) is 6.54 Å². The van der Waals surface area contributed by atoms with Gasteiger partial charge in [0.2, 0.25) is 0 Å². The van der Waals surface area contributed by atoms with Crippen molar-refractivity contribution < 1.29 is 5.11 Å². The molecular formula is C9H18N4O. The molecule has 0 radical (unpaired) electrons. The first-order valence-electron chi connectivity index (χ1n) is 4.88. The maximum Gasteiger partial charge on any atom is 0.148 e. The van der Waals surface area contributed by atoms with Crippen LogP contribution in [0, 0.1) is 6.92 Å². The molecule has 5 heteroatoms. The Morgan fingerprint density at radius 1 is 1.57 bits per heavy atom. The molecule has 14 heavy (non-hydrogen) atoms. The van der Waals surface area contributed by atoms with Crippen molar-refractivity contribution in [2.75, 3.05) is 24.2 Å². The van der Waals surface area contributed by atoms with E-state index in [4.69, 9.17) is 10.8 Å². The molecule has 0 unspecified atom stereocenters. The summed E-state index contributed by atoms with van der Waals surface area (Å²) in [5, 5.41) is 16.1. The molecule has 5 nitrogen and oxygen atoms in total. The third-order valence-corrected chi connectivity index (χ3v) is 2.10. The van der Waals surface area contributed by atoms with E-state index in [2.05, 4.69) is 10.4 Å². The van der Waals surface area contributed by atoms with E-state index in [9.17, 15) is 0 Å². The van der Waals surface area contributed by atoms with Crippen molar-refractivity contribution in [2.45, 2.75) is 26.8 Å². The summed E-state index contributed by atoms with van der Waals surface area (Å²) in [5.41, 5.74) is 7.40. The molecule has 0 spiro atoms. The maximum atomic E-state index is 8.65. The lowest BCUT2D eigenvalue weighted by Gasteiger charge is -2.07. The third-order valence-electron chi connectivity index (χ3n) is 2.10. The van der Waals surface area contributed by atoms with Gasteiger partial charge in [-0.05, 0) is 20.3 Å². The van der Waals surface area contributed by atoms with E-state index in [1.807, 2.05) is 18.5 Å². The molecule has 0 saturated heterocycles. The molecule has 0 aliphatic rings. The van der Waals surface area contributed by atoms with Crippen LogP contribution in [0.1, 0.15) is 19.0 Å². The Bertz CT molecular complexity index is 295. The minimum Gasteiger partial charge on any atom is -0.396 e. The number of nitrogens with two attached hydrogens (primary N) is 1. The Morgan fingerprint density at radius 2 is 2.29 bits per heavy atom. The van der Waals surface area contributed by atoms with Gasteiger partial charge in [0.05, 0.1) is 11.4 Å². The van der Waals surface area contributed by atoms with Crippen molar-refractivity contribution in [2.24, 2.45) is 0 Å². The predicted molar refractivity (Wildman–Crippen MR) is 57.2 cm³/mol. The van der Waals surface area contributed by atoms with Crippen molar-refractivity contribution in [3.05, 3.63) is 5.69 Å². The molecular weight excluding hydrogens is 180 g/mol. The van der Waals surface area contributed by atoms with Gasteiger partial charge in [0.25, 0.3) is 0 Å². The van der Waals surface area contributed by atoms with Crippen molar-refractivity contribution in [1.82, 2.24) is 9.78 Å². The molecule has 0 saturated carbocycles. The summed E-state index contributed by atoms with van der Waals surface area (Å²) in [7, 11) is 0. The molecule has 0 aromatic carbocycles. The zero-order valence-corrected chi connectivity index (χ0v) is 8.75. The number of anilines is 2. The first-order chi connectivity index (χ1) is 6.70. The van der Waals surface area contributed by atoms with E-state index in [1.165, 1.54) is 0 Å². The van der Waals surface area contributed by atoms with Crippen LogP contribution >= 0.6 is 0 Å². The van der Waals surface area contributed by atoms with Gasteiger partial charge in [0, 0.05) is 19.7 Å². The largest absolute Gasteiger partial charge is 0.396 e. The maximum absolute atomic E-state index is 8.65. The fourth-order valence-electron chi connectivity index (χ4n) is 1.30. The average Bonchev–Trinajstić information content (AvgIpc) is 2.45. The van der Waals surface area contributed by atoms with E-state index < -0.39 is 0 Å². The Hall–Kier alpha value is -1.23. The van der Waals surface area contributed by atoms with E-state index in [0.29, 0.717) is 18.7 Å². The molecule has 0 aliphatic heterocycles. The predicted octanol–water partition coefficient (Wildman–Crippen LogP) is 0.588. The number of aryl methyl sites for hydroxylation is 2. The lowest BCUT2D eigenvalue weighted by atomic mass is 10.3. The van der Waals surface area contributed by atoms with Crippen molar-refractivity contribution >= 4 is 11.5 Å². The van der Waals surface area contributed by atoms with Crippen LogP contribution in [0.2, 0.25) is 0 Å². The number of nitrogen functional groups attached to an aromatic ring is 1. The lowest BCUT2D eigenvalue weighted by molar-refractivity contribution is 0.292. The Morgan fingerprint density at radius 3 is 2.86 bits per heavy atom. The number of nitrogens with zero attached hydrogens (tertiary/aromatic N) is 2. The molecule has 0 fully saturated rings. The zero-order valence-electron chi connectivity index (χ0n) is 8.75. The van der Waals surface area contributed by atoms with Crippen molar-refractivity contribution in [3.63, 3.8) is 0 Å². The first-order valence-corrected chi connectivity index (χ1v) is 4.88. The van der Waals surface area contributed by atoms with Gasteiger partial charge in [-0.25, -0.2) is 4.68 Å². The van der Waals surface area contributed by atoms with Gasteiger partial charge in [-0.2, -0.15) is 5.10 Å². The van der Waals surface area contributed by atoms with Gasteiger partial charge < -0.3 is 16.2 Å². The molecule has 0 aliphatic carbocycles. The Labute approximate surface area is 83.9 Å². The highest BCUT2D eigenvalue weighted by atomic mass is 16.3. The van der Waals surface area contributed by atoms with E-state index >= 15 is 0 Å². The quantitative estimate of drug-likeness (QED) is 0.605. The summed E-state index contributed by atoms with van der Waals surface area (Å²) in [5.74, 6) is 0.860. The second-order valence-electron chi connectivity index (χ2n) is 3.17. The fourth-order valence-corrected chi connectivity index (χ4v) is 1.30. The molecule has 1 heterocycles. The topological polar surface area (TPSA) is 76.1 Å². The van der Waals surface area contributed by atoms with Crippen LogP contribution in [0.5, 0.6) is 0 Å². The summed E-state index contributed by atoms with van der Waals surface area (Å²) in [4.78, 5) is 0. The highest BCUT2D eigenvalue weighted by molar-refractivity contribution is 5.64. The molecule has 1 rings (SSSR count). The molecule has 0 bridgehead atoms. The fraction of sp³-hybridized carbons (Fsp3) is 0.667. The number of nitrogens with one attached hydrogen (secondary N) is 1. The first kappa shape index (κ1) is 10.8. The van der Waals surface area contributed by atoms with Crippen LogP contribution in [0.25, 0.3) is 0 Å². The molecule has 0 atom stereocenters. The standard InChI is InChI=1S/C9H18N4O/c1-3-13-9(11-5-4-6-14)8(10)7(2)12-13/h11,14H,3-6,10H2,1-2H3. The van der Waals surface area contributed by atoms with Gasteiger partial charge in [-0.1, -0.05) is 0 Å². The lowest BCUT2D eigenvalue weighted by Crippen LogP contribution is -2.10. The monoisotopic (exact) mass is 198 g/mol. The number of aromatic nitrogens is 2. The smallest absolute Gasteiger partial charge is 0.148 e. The summed E-state index contributed by atoms with van der Waals surface area (Å²) < 4.78 is 1.84. The van der Waals surface area contributed by atoms with Crippen molar-refractivity contribution in [1.29, 1.82) is 0 Å². The van der Waals surface area contributed by atoms with Gasteiger partial charge in [0.1, 0.15) is 5.82 Å². The van der Waals surface area contributed by atoms with Crippen LogP contribution in [0.3, 0.4) is 0 Å². The normalized spacial score (nSPS) is 10.5. The minimum absolute atomic E-state index is 0.187. The second kappa shape index (κ2) is 4.85. The van der Waals surface area contributed by atoms with Crippen LogP contribution in [0.15, 0.2) is 0 Å². The van der Waals surface area contributed by atoms with E-state index in [-0.39, 0.29) is 6.61 Å². The van der Waals surface area contributed by atoms with Crippen LogP contribution < -0.4 is 11.1 Å². The Kier molecular flexibility index (Phi) is 3.76. The van der Waals surface area contributed by atoms with Crippen LogP contribution in [0.4, 0.5) is 11.5 Å². The number of aliphatic hydroxyl groups is 1. The summed E-state index contributed by atoms with van der Waals surface area (Å²) in [6.07, 6.45) is 0.716.